The zero-order valence-corrected chi connectivity index (χ0v) is 14.7. The first-order valence-corrected chi connectivity index (χ1v) is 8.86. The molecule has 130 valence electrons. The van der Waals surface area contributed by atoms with Crippen LogP contribution in [0.3, 0.4) is 0 Å². The Morgan fingerprint density at radius 2 is 1.96 bits per heavy atom. The molecule has 6 nitrogen and oxygen atoms in total. The highest BCUT2D eigenvalue weighted by Gasteiger charge is 2.27. The summed E-state index contributed by atoms with van der Waals surface area (Å²) in [6.45, 7) is 4.30. The van der Waals surface area contributed by atoms with Crippen LogP contribution in [0.2, 0.25) is 0 Å². The molecule has 4 aromatic rings. The van der Waals surface area contributed by atoms with Gasteiger partial charge in [0, 0.05) is 17.4 Å². The van der Waals surface area contributed by atoms with Crippen molar-refractivity contribution in [2.24, 2.45) is 5.92 Å². The second kappa shape index (κ2) is 5.76. The van der Waals surface area contributed by atoms with E-state index in [9.17, 15) is 0 Å². The van der Waals surface area contributed by atoms with Gasteiger partial charge in [-0.3, -0.25) is 0 Å². The summed E-state index contributed by atoms with van der Waals surface area (Å²) >= 11 is 0. The first-order valence-electron chi connectivity index (χ1n) is 8.86. The average Bonchev–Trinajstić information content (AvgIpc) is 3.27. The molecule has 3 aromatic heterocycles. The highest BCUT2D eigenvalue weighted by atomic mass is 16.5. The van der Waals surface area contributed by atoms with E-state index in [2.05, 4.69) is 40.3 Å². The molecule has 5 rings (SSSR count). The molecule has 26 heavy (non-hydrogen) atoms. The zero-order valence-electron chi connectivity index (χ0n) is 14.7. The molecule has 1 aliphatic rings. The monoisotopic (exact) mass is 346 g/mol. The Bertz CT molecular complexity index is 1110. The van der Waals surface area contributed by atoms with Gasteiger partial charge in [0.15, 0.2) is 5.69 Å². The Balaban J connectivity index is 1.53. The third kappa shape index (κ3) is 2.49. The van der Waals surface area contributed by atoms with Gasteiger partial charge in [0.2, 0.25) is 0 Å². The van der Waals surface area contributed by atoms with Crippen LogP contribution in [-0.4, -0.2) is 20.3 Å². The van der Waals surface area contributed by atoms with Crippen LogP contribution in [0.5, 0.6) is 0 Å². The van der Waals surface area contributed by atoms with Crippen LogP contribution in [0.15, 0.2) is 39.3 Å². The second-order valence-electron chi connectivity index (χ2n) is 7.09. The number of benzene rings is 1. The number of aryl methyl sites for hydroxylation is 2. The summed E-state index contributed by atoms with van der Waals surface area (Å²) in [6, 6.07) is 10.1. The molecule has 3 heterocycles. The van der Waals surface area contributed by atoms with E-state index in [1.807, 2.05) is 24.3 Å². The van der Waals surface area contributed by atoms with Gasteiger partial charge in [0.25, 0.3) is 11.8 Å². The van der Waals surface area contributed by atoms with Crippen molar-refractivity contribution in [3.63, 3.8) is 0 Å². The normalized spacial score (nSPS) is 16.8. The van der Waals surface area contributed by atoms with Gasteiger partial charge in [-0.05, 0) is 43.9 Å². The van der Waals surface area contributed by atoms with Crippen LogP contribution in [0.25, 0.3) is 34.1 Å². The maximum atomic E-state index is 5.88. The number of fused-ring (bicyclic) bond motifs is 2. The van der Waals surface area contributed by atoms with Crippen LogP contribution in [0, 0.1) is 12.8 Å². The highest BCUT2D eigenvalue weighted by molar-refractivity contribution is 5.81. The molecule has 0 aliphatic heterocycles. The van der Waals surface area contributed by atoms with Crippen molar-refractivity contribution >= 4 is 10.9 Å². The maximum absolute atomic E-state index is 5.88. The molecule has 0 unspecified atom stereocenters. The fourth-order valence-corrected chi connectivity index (χ4v) is 3.53. The van der Waals surface area contributed by atoms with Crippen LogP contribution in [0.1, 0.15) is 30.2 Å². The molecule has 6 heteroatoms. The summed E-state index contributed by atoms with van der Waals surface area (Å²) in [5, 5.41) is 13.6. The minimum atomic E-state index is 0.392. The summed E-state index contributed by atoms with van der Waals surface area (Å²) in [7, 11) is 0. The molecule has 1 atom stereocenters. The van der Waals surface area contributed by atoms with Gasteiger partial charge in [-0.1, -0.05) is 29.8 Å². The van der Waals surface area contributed by atoms with Gasteiger partial charge in [-0.15, -0.1) is 10.2 Å². The summed E-state index contributed by atoms with van der Waals surface area (Å²) < 4.78 is 11.4. The predicted molar refractivity (Wildman–Crippen MR) is 96.5 cm³/mol. The summed E-state index contributed by atoms with van der Waals surface area (Å²) in [5.41, 5.74) is 4.53. The van der Waals surface area contributed by atoms with Crippen molar-refractivity contribution in [3.05, 3.63) is 47.2 Å². The van der Waals surface area contributed by atoms with Gasteiger partial charge in [-0.25, -0.2) is 4.98 Å². The van der Waals surface area contributed by atoms with Gasteiger partial charge in [0.05, 0.1) is 5.52 Å². The largest absolute Gasteiger partial charge is 0.413 e. The molecule has 0 amide bonds. The lowest BCUT2D eigenvalue weighted by molar-refractivity contribution is 0.356. The summed E-state index contributed by atoms with van der Waals surface area (Å²) in [5.74, 6) is 2.33. The smallest absolute Gasteiger partial charge is 0.270 e. The third-order valence-corrected chi connectivity index (χ3v) is 4.98. The number of hydrogen-bond donors (Lipinski definition) is 0. The minimum Gasteiger partial charge on any atom is -0.413 e. The third-order valence-electron chi connectivity index (χ3n) is 4.98. The van der Waals surface area contributed by atoms with Crippen molar-refractivity contribution in [1.29, 1.82) is 0 Å². The molecule has 0 N–H and O–H groups in total. The molecule has 0 saturated carbocycles. The first kappa shape index (κ1) is 15.3. The highest BCUT2D eigenvalue weighted by Crippen LogP contribution is 2.33. The van der Waals surface area contributed by atoms with Crippen molar-refractivity contribution in [2.75, 3.05) is 0 Å². The van der Waals surface area contributed by atoms with E-state index >= 15 is 0 Å². The van der Waals surface area contributed by atoms with Crippen molar-refractivity contribution in [3.8, 4) is 23.2 Å². The fourth-order valence-electron chi connectivity index (χ4n) is 3.53. The lowest BCUT2D eigenvalue weighted by atomic mass is 9.88. The van der Waals surface area contributed by atoms with Gasteiger partial charge in [0.1, 0.15) is 11.5 Å². The van der Waals surface area contributed by atoms with Gasteiger partial charge < -0.3 is 8.94 Å². The Morgan fingerprint density at radius 1 is 1.08 bits per heavy atom. The van der Waals surface area contributed by atoms with E-state index in [0.717, 1.165) is 41.5 Å². The van der Waals surface area contributed by atoms with Crippen LogP contribution in [-0.2, 0) is 12.8 Å². The van der Waals surface area contributed by atoms with E-state index in [4.69, 9.17) is 8.94 Å². The Kier molecular flexibility index (Phi) is 3.38. The molecule has 0 spiro atoms. The Labute approximate surface area is 150 Å². The number of hydrogen-bond acceptors (Lipinski definition) is 6. The van der Waals surface area contributed by atoms with Crippen LogP contribution >= 0.6 is 0 Å². The standard InChI is InChI=1S/C20H18N4O2/c1-11-3-6-15-13(9-11)5-7-16(21-15)19-22-23-20(25-19)18-14-10-12(2)4-8-17(14)26-24-18/h3,5-7,9,12H,4,8,10H2,1-2H3/t12-/m1/s1. The lowest BCUT2D eigenvalue weighted by Gasteiger charge is -2.15. The van der Waals surface area contributed by atoms with Crippen LogP contribution in [0.4, 0.5) is 0 Å². The van der Waals surface area contributed by atoms with Crippen molar-refractivity contribution in [1.82, 2.24) is 20.3 Å². The predicted octanol–water partition coefficient (Wildman–Crippen LogP) is 4.37. The Morgan fingerprint density at radius 3 is 2.88 bits per heavy atom. The summed E-state index contributed by atoms with van der Waals surface area (Å²) in [4.78, 5) is 4.64. The van der Waals surface area contributed by atoms with E-state index in [1.54, 1.807) is 0 Å². The molecule has 1 aromatic carbocycles. The molecule has 0 saturated heterocycles. The lowest BCUT2D eigenvalue weighted by Crippen LogP contribution is -2.09. The molecular weight excluding hydrogens is 328 g/mol. The van der Waals surface area contributed by atoms with E-state index in [1.165, 1.54) is 5.56 Å². The van der Waals surface area contributed by atoms with Crippen molar-refractivity contribution < 1.29 is 8.94 Å². The van der Waals surface area contributed by atoms with E-state index < -0.39 is 0 Å². The molecule has 0 bridgehead atoms. The van der Waals surface area contributed by atoms with E-state index in [-0.39, 0.29) is 0 Å². The van der Waals surface area contributed by atoms with Gasteiger partial charge >= 0.3 is 0 Å². The van der Waals surface area contributed by atoms with E-state index in [0.29, 0.717) is 29.1 Å². The average molecular weight is 346 g/mol. The first-order chi connectivity index (χ1) is 12.7. The van der Waals surface area contributed by atoms with Gasteiger partial charge in [-0.2, -0.15) is 0 Å². The molecular formula is C20H18N4O2. The number of pyridine rings is 1. The zero-order chi connectivity index (χ0) is 17.7. The number of rotatable bonds is 2. The van der Waals surface area contributed by atoms with Crippen molar-refractivity contribution in [2.45, 2.75) is 33.1 Å². The Hall–Kier alpha value is -3.02. The molecule has 0 fully saturated rings. The molecule has 0 radical (unpaired) electrons. The second-order valence-corrected chi connectivity index (χ2v) is 7.09. The fraction of sp³-hybridized carbons (Fsp3) is 0.300. The number of aromatic nitrogens is 4. The summed E-state index contributed by atoms with van der Waals surface area (Å²) in [6.07, 6.45) is 2.97. The minimum absolute atomic E-state index is 0.392. The molecule has 1 aliphatic carbocycles. The number of nitrogens with zero attached hydrogens (tertiary/aromatic N) is 4. The van der Waals surface area contributed by atoms with Crippen LogP contribution < -0.4 is 0 Å². The quantitative estimate of drug-likeness (QED) is 0.536. The maximum Gasteiger partial charge on any atom is 0.270 e. The SMILES string of the molecule is Cc1ccc2nc(-c3nnc(-c4noc5c4C[C@H](C)CC5)o3)ccc2c1. The topological polar surface area (TPSA) is 77.8 Å².